The summed E-state index contributed by atoms with van der Waals surface area (Å²) in [7, 11) is 3.75. The lowest BCUT2D eigenvalue weighted by molar-refractivity contribution is -0.165. The highest BCUT2D eigenvalue weighted by atomic mass is 32.2. The van der Waals surface area contributed by atoms with Crippen LogP contribution >= 0.6 is 11.8 Å². The van der Waals surface area contributed by atoms with Crippen molar-refractivity contribution < 1.29 is 28.7 Å². The Hall–Kier alpha value is -2.59. The third-order valence-electron chi connectivity index (χ3n) is 5.35. The molecule has 2 amide bonds. The maximum atomic E-state index is 12.9. The van der Waals surface area contributed by atoms with Crippen LogP contribution in [0.5, 0.6) is 5.75 Å². The molecule has 9 nitrogen and oxygen atoms in total. The summed E-state index contributed by atoms with van der Waals surface area (Å²) in [6.45, 7) is 5.81. The lowest BCUT2D eigenvalue weighted by Crippen LogP contribution is -2.71. The molecule has 174 valence electrons. The predicted octanol–water partition coefficient (Wildman–Crippen LogP) is 0.675. The van der Waals surface area contributed by atoms with E-state index in [0.29, 0.717) is 12.3 Å². The molecule has 2 aliphatic rings. The SMILES string of the molecule is CC(=O)C(Oc1ccccc1)C(=O)N[C@@H]1C(=O)N2[C@@H]1SC(C)(C)[C@@H]2C(=O)OCCN(C)C. The van der Waals surface area contributed by atoms with Crippen LogP contribution < -0.4 is 10.1 Å². The number of para-hydroxylation sites is 1. The number of esters is 1. The van der Waals surface area contributed by atoms with Crippen LogP contribution in [0, 0.1) is 0 Å². The summed E-state index contributed by atoms with van der Waals surface area (Å²) in [5.74, 6) is -1.62. The zero-order valence-electron chi connectivity index (χ0n) is 18.9. The van der Waals surface area contributed by atoms with Crippen molar-refractivity contribution in [3.63, 3.8) is 0 Å². The number of nitrogens with zero attached hydrogens (tertiary/aromatic N) is 2. The Kier molecular flexibility index (Phi) is 7.14. The van der Waals surface area contributed by atoms with Crippen molar-refractivity contribution in [2.75, 3.05) is 27.2 Å². The van der Waals surface area contributed by atoms with Crippen molar-refractivity contribution >= 4 is 35.3 Å². The number of nitrogens with one attached hydrogen (secondary N) is 1. The van der Waals surface area contributed by atoms with Crippen molar-refractivity contribution in [3.05, 3.63) is 30.3 Å². The number of hydrogen-bond acceptors (Lipinski definition) is 8. The third-order valence-corrected chi connectivity index (χ3v) is 6.92. The molecule has 0 spiro atoms. The number of amides is 2. The number of fused-ring (bicyclic) bond motifs is 1. The number of carbonyl (C=O) groups is 4. The highest BCUT2D eigenvalue weighted by molar-refractivity contribution is 8.01. The first kappa shape index (κ1) is 24.1. The molecule has 1 aromatic rings. The van der Waals surface area contributed by atoms with Gasteiger partial charge in [-0.05, 0) is 47.0 Å². The molecule has 1 unspecified atom stereocenters. The van der Waals surface area contributed by atoms with Gasteiger partial charge in [-0.3, -0.25) is 14.4 Å². The quantitative estimate of drug-likeness (QED) is 0.324. The van der Waals surface area contributed by atoms with Crippen LogP contribution in [0.4, 0.5) is 0 Å². The van der Waals surface area contributed by atoms with Gasteiger partial charge in [0.15, 0.2) is 5.78 Å². The van der Waals surface area contributed by atoms with Gasteiger partial charge < -0.3 is 24.6 Å². The fourth-order valence-electron chi connectivity index (χ4n) is 3.72. The van der Waals surface area contributed by atoms with Crippen molar-refractivity contribution in [2.24, 2.45) is 0 Å². The monoisotopic (exact) mass is 463 g/mol. The highest BCUT2D eigenvalue weighted by Gasteiger charge is 2.64. The Morgan fingerprint density at radius 1 is 1.22 bits per heavy atom. The van der Waals surface area contributed by atoms with Gasteiger partial charge in [0.25, 0.3) is 5.91 Å². The molecule has 2 saturated heterocycles. The molecular formula is C22H29N3O6S. The first-order valence-electron chi connectivity index (χ1n) is 10.4. The van der Waals surface area contributed by atoms with E-state index in [1.165, 1.54) is 23.6 Å². The van der Waals surface area contributed by atoms with Gasteiger partial charge in [0.05, 0.1) is 0 Å². The maximum Gasteiger partial charge on any atom is 0.330 e. The molecule has 0 aromatic heterocycles. The largest absolute Gasteiger partial charge is 0.473 e. The van der Waals surface area contributed by atoms with Crippen LogP contribution in [-0.4, -0.2) is 88.9 Å². The van der Waals surface area contributed by atoms with E-state index >= 15 is 0 Å². The molecule has 2 fully saturated rings. The zero-order chi connectivity index (χ0) is 23.6. The van der Waals surface area contributed by atoms with E-state index in [0.717, 1.165) is 0 Å². The van der Waals surface area contributed by atoms with Gasteiger partial charge in [0.1, 0.15) is 29.8 Å². The number of ether oxygens (including phenoxy) is 2. The molecule has 3 rings (SSSR count). The summed E-state index contributed by atoms with van der Waals surface area (Å²) in [6.07, 6.45) is -1.37. The number of β-lactam (4-membered cyclic amide) rings is 1. The first-order valence-corrected chi connectivity index (χ1v) is 11.2. The minimum Gasteiger partial charge on any atom is -0.473 e. The van der Waals surface area contributed by atoms with Crippen LogP contribution in [0.2, 0.25) is 0 Å². The molecule has 0 aliphatic carbocycles. The smallest absolute Gasteiger partial charge is 0.330 e. The lowest BCUT2D eigenvalue weighted by Gasteiger charge is -2.44. The summed E-state index contributed by atoms with van der Waals surface area (Å²) >= 11 is 1.43. The molecular weight excluding hydrogens is 434 g/mol. The van der Waals surface area contributed by atoms with Gasteiger partial charge >= 0.3 is 5.97 Å². The van der Waals surface area contributed by atoms with Crippen molar-refractivity contribution in [3.8, 4) is 5.75 Å². The molecule has 2 aliphatic heterocycles. The molecule has 10 heteroatoms. The number of rotatable bonds is 9. The number of likely N-dealkylation sites (N-methyl/N-ethyl adjacent to an activating group) is 1. The van der Waals surface area contributed by atoms with Crippen LogP contribution in [0.1, 0.15) is 20.8 Å². The van der Waals surface area contributed by atoms with Gasteiger partial charge in [0, 0.05) is 11.3 Å². The second kappa shape index (κ2) is 9.50. The van der Waals surface area contributed by atoms with Gasteiger partial charge in [-0.1, -0.05) is 18.2 Å². The highest BCUT2D eigenvalue weighted by Crippen LogP contribution is 2.51. The van der Waals surface area contributed by atoms with E-state index in [2.05, 4.69) is 5.32 Å². The number of ketones is 1. The van der Waals surface area contributed by atoms with E-state index in [1.807, 2.05) is 32.8 Å². The number of hydrogen-bond donors (Lipinski definition) is 1. The van der Waals surface area contributed by atoms with Crippen molar-refractivity contribution in [1.82, 2.24) is 15.1 Å². The Morgan fingerprint density at radius 3 is 2.47 bits per heavy atom. The predicted molar refractivity (Wildman–Crippen MR) is 119 cm³/mol. The Balaban J connectivity index is 1.66. The summed E-state index contributed by atoms with van der Waals surface area (Å²) in [4.78, 5) is 53.7. The molecule has 0 saturated carbocycles. The standard InChI is InChI=1S/C22H29N3O6S/c1-13(26)16(31-14-9-7-6-8-10-14)18(27)23-15-19(28)25-17(22(2,3)32-20(15)25)21(29)30-12-11-24(4)5/h6-10,15-17,20H,11-12H2,1-5H3,(H,23,27)/t15-,16?,17+,20-/m1/s1. The van der Waals surface area contributed by atoms with Crippen LogP contribution in [0.15, 0.2) is 30.3 Å². The molecule has 4 atom stereocenters. The molecule has 0 bridgehead atoms. The Labute approximate surface area is 191 Å². The van der Waals surface area contributed by atoms with Crippen LogP contribution in [0.25, 0.3) is 0 Å². The average molecular weight is 464 g/mol. The summed E-state index contributed by atoms with van der Waals surface area (Å²) in [5, 5.41) is 2.22. The Bertz CT molecular complexity index is 891. The summed E-state index contributed by atoms with van der Waals surface area (Å²) < 4.78 is 10.3. The molecule has 32 heavy (non-hydrogen) atoms. The van der Waals surface area contributed by atoms with Gasteiger partial charge in [-0.25, -0.2) is 4.79 Å². The molecule has 1 N–H and O–H groups in total. The van der Waals surface area contributed by atoms with E-state index in [9.17, 15) is 19.2 Å². The topological polar surface area (TPSA) is 105 Å². The fraction of sp³-hybridized carbons (Fsp3) is 0.545. The fourth-order valence-corrected chi connectivity index (χ4v) is 5.34. The van der Waals surface area contributed by atoms with Crippen LogP contribution in [-0.2, 0) is 23.9 Å². The second-order valence-corrected chi connectivity index (χ2v) is 10.4. The van der Waals surface area contributed by atoms with Crippen LogP contribution in [0.3, 0.4) is 0 Å². The van der Waals surface area contributed by atoms with Crippen molar-refractivity contribution in [2.45, 2.75) is 49.1 Å². The number of benzene rings is 1. The number of thioether (sulfide) groups is 1. The maximum absolute atomic E-state index is 12.9. The van der Waals surface area contributed by atoms with E-state index in [4.69, 9.17) is 9.47 Å². The number of Topliss-reactive ketones (excluding diaryl/α,β-unsaturated/α-hetero) is 1. The minimum atomic E-state index is -1.37. The Morgan fingerprint density at radius 2 is 1.88 bits per heavy atom. The van der Waals surface area contributed by atoms with Gasteiger partial charge in [-0.2, -0.15) is 0 Å². The second-order valence-electron chi connectivity index (χ2n) is 8.64. The van der Waals surface area contributed by atoms with E-state index < -0.39 is 46.0 Å². The first-order chi connectivity index (χ1) is 15.0. The zero-order valence-corrected chi connectivity index (χ0v) is 19.7. The average Bonchev–Trinajstić information content (AvgIpc) is 2.98. The normalized spacial score (nSPS) is 24.4. The number of carbonyl (C=O) groups excluding carboxylic acids is 4. The van der Waals surface area contributed by atoms with E-state index in [-0.39, 0.29) is 12.5 Å². The van der Waals surface area contributed by atoms with Crippen molar-refractivity contribution in [1.29, 1.82) is 0 Å². The minimum absolute atomic E-state index is 0.229. The molecule has 0 radical (unpaired) electrons. The van der Waals surface area contributed by atoms with Gasteiger partial charge in [-0.15, -0.1) is 11.8 Å². The lowest BCUT2D eigenvalue weighted by atomic mass is 9.96. The van der Waals surface area contributed by atoms with E-state index in [1.54, 1.807) is 30.3 Å². The van der Waals surface area contributed by atoms with Gasteiger partial charge in [0.2, 0.25) is 12.0 Å². The summed E-state index contributed by atoms with van der Waals surface area (Å²) in [6, 6.07) is 6.94. The third kappa shape index (κ3) is 4.91. The molecule has 2 heterocycles. The molecule has 1 aromatic carbocycles. The summed E-state index contributed by atoms with van der Waals surface area (Å²) in [5.41, 5.74) is 0.